The van der Waals surface area contributed by atoms with Crippen molar-refractivity contribution in [3.05, 3.63) is 77.3 Å². The molecular formula is C23H25N3O4. The summed E-state index contributed by atoms with van der Waals surface area (Å²) in [5.74, 6) is 0.828. The lowest BCUT2D eigenvalue weighted by molar-refractivity contribution is -0.152. The van der Waals surface area contributed by atoms with Gasteiger partial charge in [0.2, 0.25) is 6.29 Å². The highest BCUT2D eigenvalue weighted by Crippen LogP contribution is 2.24. The average molecular weight is 407 g/mol. The van der Waals surface area contributed by atoms with E-state index in [0.717, 1.165) is 22.2 Å². The summed E-state index contributed by atoms with van der Waals surface area (Å²) in [6.45, 7) is 2.70. The Labute approximate surface area is 174 Å². The van der Waals surface area contributed by atoms with Gasteiger partial charge < -0.3 is 24.9 Å². The number of aromatic nitrogens is 2. The number of benzene rings is 2. The SMILES string of the molecule is C[C@@H]1C=C(C(=O)NCc2nc3ccccc3[nH]2)O[C@H](OCc2ccc(CO)cc2)C1. The van der Waals surface area contributed by atoms with Crippen molar-refractivity contribution >= 4 is 16.9 Å². The van der Waals surface area contributed by atoms with Crippen molar-refractivity contribution in [2.45, 2.75) is 39.4 Å². The van der Waals surface area contributed by atoms with Gasteiger partial charge in [0.25, 0.3) is 5.91 Å². The van der Waals surface area contributed by atoms with E-state index in [1.54, 1.807) is 0 Å². The summed E-state index contributed by atoms with van der Waals surface area (Å²) in [7, 11) is 0. The first kappa shape index (κ1) is 20.1. The summed E-state index contributed by atoms with van der Waals surface area (Å²) < 4.78 is 11.7. The second-order valence-corrected chi connectivity index (χ2v) is 7.46. The van der Waals surface area contributed by atoms with Crippen LogP contribution < -0.4 is 5.32 Å². The molecule has 2 aromatic carbocycles. The molecule has 156 valence electrons. The molecule has 4 rings (SSSR count). The minimum absolute atomic E-state index is 0.0156. The molecular weight excluding hydrogens is 382 g/mol. The van der Waals surface area contributed by atoms with Crippen LogP contribution in [0, 0.1) is 5.92 Å². The largest absolute Gasteiger partial charge is 0.459 e. The van der Waals surface area contributed by atoms with Gasteiger partial charge >= 0.3 is 0 Å². The molecule has 0 radical (unpaired) electrons. The summed E-state index contributed by atoms with van der Waals surface area (Å²) in [5, 5.41) is 12.0. The second kappa shape index (κ2) is 9.11. The Morgan fingerprint density at radius 2 is 2.00 bits per heavy atom. The molecule has 0 saturated heterocycles. The van der Waals surface area contributed by atoms with Crippen LogP contribution in [0.1, 0.15) is 30.3 Å². The van der Waals surface area contributed by atoms with E-state index >= 15 is 0 Å². The summed E-state index contributed by atoms with van der Waals surface area (Å²) >= 11 is 0. The van der Waals surface area contributed by atoms with Crippen molar-refractivity contribution in [2.75, 3.05) is 0 Å². The quantitative estimate of drug-likeness (QED) is 0.559. The van der Waals surface area contributed by atoms with Gasteiger partial charge in [-0.3, -0.25) is 4.79 Å². The van der Waals surface area contributed by atoms with Gasteiger partial charge in [-0.2, -0.15) is 0 Å². The molecule has 0 fully saturated rings. The number of aromatic amines is 1. The molecule has 2 atom stereocenters. The van der Waals surface area contributed by atoms with Crippen molar-refractivity contribution in [3.8, 4) is 0 Å². The minimum Gasteiger partial charge on any atom is -0.459 e. The minimum atomic E-state index is -0.491. The van der Waals surface area contributed by atoms with Crippen LogP contribution in [-0.2, 0) is 34.0 Å². The Morgan fingerprint density at radius 1 is 1.23 bits per heavy atom. The lowest BCUT2D eigenvalue weighted by Gasteiger charge is -2.27. The molecule has 0 aliphatic carbocycles. The Morgan fingerprint density at radius 3 is 2.77 bits per heavy atom. The lowest BCUT2D eigenvalue weighted by Crippen LogP contribution is -2.32. The zero-order valence-corrected chi connectivity index (χ0v) is 16.8. The molecule has 3 aromatic rings. The predicted molar refractivity (Wildman–Crippen MR) is 112 cm³/mol. The first-order valence-corrected chi connectivity index (χ1v) is 10.0. The molecule has 1 amide bonds. The molecule has 0 unspecified atom stereocenters. The third-order valence-electron chi connectivity index (χ3n) is 4.98. The monoisotopic (exact) mass is 407 g/mol. The van der Waals surface area contributed by atoms with Gasteiger partial charge in [0.15, 0.2) is 5.76 Å². The van der Waals surface area contributed by atoms with Crippen molar-refractivity contribution in [3.63, 3.8) is 0 Å². The van der Waals surface area contributed by atoms with Gasteiger partial charge in [-0.25, -0.2) is 4.98 Å². The fourth-order valence-corrected chi connectivity index (χ4v) is 3.36. The maximum Gasteiger partial charge on any atom is 0.286 e. The molecule has 1 aromatic heterocycles. The number of rotatable bonds is 7. The number of H-pyrrole nitrogens is 1. The van der Waals surface area contributed by atoms with Crippen molar-refractivity contribution in [2.24, 2.45) is 5.92 Å². The maximum atomic E-state index is 12.6. The Kier molecular flexibility index (Phi) is 6.11. The van der Waals surface area contributed by atoms with Gasteiger partial charge in [-0.1, -0.05) is 43.3 Å². The van der Waals surface area contributed by atoms with Crippen LogP contribution in [0.4, 0.5) is 0 Å². The van der Waals surface area contributed by atoms with Gasteiger partial charge in [0, 0.05) is 6.42 Å². The summed E-state index contributed by atoms with van der Waals surface area (Å²) in [6, 6.07) is 15.3. The molecule has 2 heterocycles. The number of allylic oxidation sites excluding steroid dienone is 1. The highest BCUT2D eigenvalue weighted by atomic mass is 16.7. The highest BCUT2D eigenvalue weighted by molar-refractivity contribution is 5.91. The predicted octanol–water partition coefficient (Wildman–Crippen LogP) is 3.15. The van der Waals surface area contributed by atoms with Crippen LogP contribution in [-0.4, -0.2) is 27.3 Å². The summed E-state index contributed by atoms with van der Waals surface area (Å²) in [6.07, 6.45) is 2.01. The fourth-order valence-electron chi connectivity index (χ4n) is 3.36. The van der Waals surface area contributed by atoms with Crippen molar-refractivity contribution in [1.29, 1.82) is 0 Å². The van der Waals surface area contributed by atoms with E-state index in [1.165, 1.54) is 0 Å². The van der Waals surface area contributed by atoms with Gasteiger partial charge in [-0.15, -0.1) is 0 Å². The lowest BCUT2D eigenvalue weighted by atomic mass is 10.0. The fraction of sp³-hybridized carbons (Fsp3) is 0.304. The zero-order chi connectivity index (χ0) is 20.9. The number of carbonyl (C=O) groups is 1. The number of ether oxygens (including phenoxy) is 2. The second-order valence-electron chi connectivity index (χ2n) is 7.46. The third-order valence-corrected chi connectivity index (χ3v) is 4.98. The molecule has 7 nitrogen and oxygen atoms in total. The number of nitrogens with zero attached hydrogens (tertiary/aromatic N) is 1. The zero-order valence-electron chi connectivity index (χ0n) is 16.8. The number of aliphatic hydroxyl groups excluding tert-OH is 1. The van der Waals surface area contributed by atoms with E-state index in [9.17, 15) is 4.79 Å². The molecule has 7 heteroatoms. The summed E-state index contributed by atoms with van der Waals surface area (Å²) in [5.41, 5.74) is 3.63. The molecule has 3 N–H and O–H groups in total. The number of carbonyl (C=O) groups excluding carboxylic acids is 1. The average Bonchev–Trinajstić information content (AvgIpc) is 3.19. The number of fused-ring (bicyclic) bond motifs is 1. The van der Waals surface area contributed by atoms with E-state index in [2.05, 4.69) is 15.3 Å². The number of para-hydroxylation sites is 2. The maximum absolute atomic E-state index is 12.6. The van der Waals surface area contributed by atoms with Crippen LogP contribution in [0.5, 0.6) is 0 Å². The van der Waals surface area contributed by atoms with Crippen molar-refractivity contribution in [1.82, 2.24) is 15.3 Å². The number of nitrogens with one attached hydrogen (secondary N) is 2. The van der Waals surface area contributed by atoms with E-state index < -0.39 is 6.29 Å². The number of hydrogen-bond donors (Lipinski definition) is 3. The first-order chi connectivity index (χ1) is 14.6. The Bertz CT molecular complexity index is 1010. The standard InChI is InChI=1S/C23H25N3O4/c1-15-10-20(23(28)24-12-21-25-18-4-2-3-5-19(18)26-21)30-22(11-15)29-14-17-8-6-16(13-27)7-9-17/h2-10,15,22,27H,11-14H2,1H3,(H,24,28)(H,25,26)/t15-,22+/m1/s1. The van der Waals surface area contributed by atoms with E-state index in [0.29, 0.717) is 18.9 Å². The molecule has 1 aliphatic rings. The molecule has 1 aliphatic heterocycles. The topological polar surface area (TPSA) is 96.5 Å². The van der Waals surface area contributed by atoms with Crippen LogP contribution in [0.3, 0.4) is 0 Å². The smallest absolute Gasteiger partial charge is 0.286 e. The van der Waals surface area contributed by atoms with Crippen LogP contribution >= 0.6 is 0 Å². The molecule has 30 heavy (non-hydrogen) atoms. The van der Waals surface area contributed by atoms with Crippen LogP contribution in [0.15, 0.2) is 60.4 Å². The molecule has 0 saturated carbocycles. The molecule has 0 bridgehead atoms. The normalized spacial score (nSPS) is 18.7. The number of hydrogen-bond acceptors (Lipinski definition) is 5. The van der Waals surface area contributed by atoms with E-state index in [-0.39, 0.29) is 30.7 Å². The number of amides is 1. The van der Waals surface area contributed by atoms with Gasteiger partial charge in [-0.05, 0) is 35.3 Å². The van der Waals surface area contributed by atoms with Crippen molar-refractivity contribution < 1.29 is 19.4 Å². The number of imidazole rings is 1. The van der Waals surface area contributed by atoms with Crippen LogP contribution in [0.2, 0.25) is 0 Å². The summed E-state index contributed by atoms with van der Waals surface area (Å²) in [4.78, 5) is 20.3. The van der Waals surface area contributed by atoms with Crippen LogP contribution in [0.25, 0.3) is 11.0 Å². The number of aliphatic hydroxyl groups is 1. The first-order valence-electron chi connectivity index (χ1n) is 10.0. The third kappa shape index (κ3) is 4.87. The highest BCUT2D eigenvalue weighted by Gasteiger charge is 2.25. The van der Waals surface area contributed by atoms with E-state index in [1.807, 2.05) is 61.5 Å². The van der Waals surface area contributed by atoms with Gasteiger partial charge in [0.1, 0.15) is 5.82 Å². The molecule has 0 spiro atoms. The Hall–Kier alpha value is -3.16. The Balaban J connectivity index is 1.31. The van der Waals surface area contributed by atoms with Gasteiger partial charge in [0.05, 0.1) is 30.8 Å². The van der Waals surface area contributed by atoms with E-state index in [4.69, 9.17) is 14.6 Å².